The molecule has 0 unspecified atom stereocenters. The van der Waals surface area contributed by atoms with E-state index in [1.54, 1.807) is 18.2 Å². The number of hydrogen-bond donors (Lipinski definition) is 1. The lowest BCUT2D eigenvalue weighted by Crippen LogP contribution is -2.33. The van der Waals surface area contributed by atoms with E-state index < -0.39 is 5.82 Å². The smallest absolute Gasteiger partial charge is 0.279 e. The third kappa shape index (κ3) is 3.01. The molecule has 0 aliphatic carbocycles. The molecule has 0 saturated heterocycles. The Bertz CT molecular complexity index is 1030. The Morgan fingerprint density at radius 3 is 2.50 bits per heavy atom. The summed E-state index contributed by atoms with van der Waals surface area (Å²) in [5.41, 5.74) is 2.15. The zero-order chi connectivity index (χ0) is 17.3. The van der Waals surface area contributed by atoms with Crippen LogP contribution < -0.4 is 21.0 Å². The van der Waals surface area contributed by atoms with Crippen LogP contribution in [0.5, 0.6) is 0 Å². The molecule has 0 radical (unpaired) electrons. The van der Waals surface area contributed by atoms with Gasteiger partial charge < -0.3 is 4.90 Å². The van der Waals surface area contributed by atoms with Gasteiger partial charge in [0.15, 0.2) is 0 Å². The van der Waals surface area contributed by atoms with E-state index in [-0.39, 0.29) is 5.56 Å². The second-order valence-corrected chi connectivity index (χ2v) is 5.75. The van der Waals surface area contributed by atoms with Crippen molar-refractivity contribution in [3.63, 3.8) is 0 Å². The maximum Gasteiger partial charge on any atom is 0.279 e. The predicted octanol–water partition coefficient (Wildman–Crippen LogP) is 1.61. The molecule has 0 fully saturated rings. The molecular weight excluding hydrogens is 305 g/mol. The van der Waals surface area contributed by atoms with Gasteiger partial charge in [-0.15, -0.1) is 0 Å². The first kappa shape index (κ1) is 15.8. The summed E-state index contributed by atoms with van der Waals surface area (Å²) in [6.45, 7) is 3.88. The Balaban J connectivity index is 2.09. The number of halogens is 1. The highest BCUT2D eigenvalue weighted by molar-refractivity contribution is 5.55. The third-order valence-electron chi connectivity index (χ3n) is 3.79. The van der Waals surface area contributed by atoms with E-state index in [0.717, 1.165) is 11.3 Å². The number of benzene rings is 2. The number of aromatic nitrogens is 2. The fourth-order valence-corrected chi connectivity index (χ4v) is 2.48. The number of hydrogen-bond acceptors (Lipinski definition) is 2. The van der Waals surface area contributed by atoms with E-state index in [2.05, 4.69) is 11.7 Å². The number of rotatable bonds is 3. The minimum atomic E-state index is -0.399. The normalized spacial score (nSPS) is 11.7. The van der Waals surface area contributed by atoms with Crippen LogP contribution in [-0.2, 0) is 0 Å². The van der Waals surface area contributed by atoms with Crippen molar-refractivity contribution in [3.8, 4) is 5.69 Å². The highest BCUT2D eigenvalue weighted by atomic mass is 19.1. The van der Waals surface area contributed by atoms with Crippen LogP contribution in [0.25, 0.3) is 18.3 Å². The Morgan fingerprint density at radius 1 is 1.17 bits per heavy atom. The average molecular weight is 323 g/mol. The number of nitrogens with zero attached hydrogens (tertiary/aromatic N) is 2. The van der Waals surface area contributed by atoms with Crippen LogP contribution in [-0.4, -0.2) is 23.9 Å². The van der Waals surface area contributed by atoms with Gasteiger partial charge in [-0.25, -0.2) is 9.07 Å². The Kier molecular flexibility index (Phi) is 4.08. The summed E-state index contributed by atoms with van der Waals surface area (Å²) in [6.07, 6.45) is 1.77. The monoisotopic (exact) mass is 323 g/mol. The van der Waals surface area contributed by atoms with Gasteiger partial charge in [-0.3, -0.25) is 9.89 Å². The molecule has 0 aliphatic heterocycles. The van der Waals surface area contributed by atoms with Crippen LogP contribution >= 0.6 is 0 Å². The van der Waals surface area contributed by atoms with E-state index in [4.69, 9.17) is 0 Å². The van der Waals surface area contributed by atoms with Crippen molar-refractivity contribution < 1.29 is 4.39 Å². The van der Waals surface area contributed by atoms with Gasteiger partial charge >= 0.3 is 0 Å². The Hall–Kier alpha value is -3.08. The van der Waals surface area contributed by atoms with Gasteiger partial charge in [0.2, 0.25) is 0 Å². The van der Waals surface area contributed by atoms with Gasteiger partial charge in [0.1, 0.15) is 5.82 Å². The lowest BCUT2D eigenvalue weighted by molar-refractivity contribution is 0.625. The van der Waals surface area contributed by atoms with Crippen molar-refractivity contribution in [1.29, 1.82) is 0 Å². The van der Waals surface area contributed by atoms with Crippen molar-refractivity contribution in [1.82, 2.24) is 9.78 Å². The minimum absolute atomic E-state index is 0.262. The van der Waals surface area contributed by atoms with E-state index in [9.17, 15) is 9.18 Å². The van der Waals surface area contributed by atoms with Crippen LogP contribution in [0.1, 0.15) is 5.56 Å². The fourth-order valence-electron chi connectivity index (χ4n) is 2.48. The summed E-state index contributed by atoms with van der Waals surface area (Å²) in [5.74, 6) is -0.399. The van der Waals surface area contributed by atoms with E-state index in [1.165, 1.54) is 16.8 Å². The first-order valence-electron chi connectivity index (χ1n) is 7.51. The molecule has 0 atom stereocenters. The third-order valence-corrected chi connectivity index (χ3v) is 3.79. The SMILES string of the molecule is C=c1[nH]n(-c2cccc(F)c2)c(=O)c1=Cc1ccc(N(C)C)cc1. The van der Waals surface area contributed by atoms with Crippen molar-refractivity contribution >= 4 is 18.3 Å². The average Bonchev–Trinajstić information content (AvgIpc) is 2.83. The van der Waals surface area contributed by atoms with E-state index in [0.29, 0.717) is 16.3 Å². The second kappa shape index (κ2) is 6.20. The molecule has 0 aliphatic rings. The quantitative estimate of drug-likeness (QED) is 0.796. The molecule has 1 aromatic heterocycles. The van der Waals surface area contributed by atoms with Gasteiger partial charge in [0.05, 0.1) is 16.3 Å². The van der Waals surface area contributed by atoms with Gasteiger partial charge in [0, 0.05) is 19.8 Å². The molecule has 2 aromatic carbocycles. The van der Waals surface area contributed by atoms with Crippen molar-refractivity contribution in [2.45, 2.75) is 0 Å². The maximum absolute atomic E-state index is 13.4. The zero-order valence-corrected chi connectivity index (χ0v) is 13.6. The molecule has 24 heavy (non-hydrogen) atoms. The summed E-state index contributed by atoms with van der Waals surface area (Å²) >= 11 is 0. The summed E-state index contributed by atoms with van der Waals surface area (Å²) < 4.78 is 14.7. The van der Waals surface area contributed by atoms with E-state index in [1.807, 2.05) is 43.3 Å². The highest BCUT2D eigenvalue weighted by Crippen LogP contribution is 2.12. The standard InChI is InChI=1S/C19H18FN3O/c1-13-18(11-14-7-9-16(10-8-14)22(2)3)19(24)23(21-13)17-6-4-5-15(20)12-17/h4-12,21H,1H2,2-3H3. The molecule has 1 heterocycles. The molecule has 5 heteroatoms. The first-order chi connectivity index (χ1) is 11.5. The summed E-state index contributed by atoms with van der Waals surface area (Å²) in [6, 6.07) is 13.7. The first-order valence-corrected chi connectivity index (χ1v) is 7.51. The zero-order valence-electron chi connectivity index (χ0n) is 13.6. The largest absolute Gasteiger partial charge is 0.378 e. The molecule has 0 amide bonds. The molecule has 1 N–H and O–H groups in total. The van der Waals surface area contributed by atoms with Crippen molar-refractivity contribution in [3.05, 3.63) is 80.8 Å². The molecule has 122 valence electrons. The molecule has 3 aromatic rings. The molecule has 3 rings (SSSR count). The van der Waals surface area contributed by atoms with Crippen LogP contribution in [0.4, 0.5) is 10.1 Å². The summed E-state index contributed by atoms with van der Waals surface area (Å²) in [5, 5.41) is 3.84. The Morgan fingerprint density at radius 2 is 1.88 bits per heavy atom. The lowest BCUT2D eigenvalue weighted by atomic mass is 10.1. The van der Waals surface area contributed by atoms with Crippen LogP contribution in [0.15, 0.2) is 53.3 Å². The molecular formula is C19H18FN3O. The maximum atomic E-state index is 13.4. The molecule has 0 bridgehead atoms. The Labute approximate surface area is 138 Å². The van der Waals surface area contributed by atoms with Gasteiger partial charge in [-0.1, -0.05) is 24.8 Å². The topological polar surface area (TPSA) is 41.0 Å². The number of aromatic amines is 1. The van der Waals surface area contributed by atoms with Gasteiger partial charge in [0.25, 0.3) is 5.56 Å². The number of H-pyrrole nitrogens is 1. The lowest BCUT2D eigenvalue weighted by Gasteiger charge is -2.11. The second-order valence-electron chi connectivity index (χ2n) is 5.75. The minimum Gasteiger partial charge on any atom is -0.378 e. The predicted molar refractivity (Wildman–Crippen MR) is 95.5 cm³/mol. The summed E-state index contributed by atoms with van der Waals surface area (Å²) in [4.78, 5) is 14.6. The van der Waals surface area contributed by atoms with Crippen LogP contribution in [0.2, 0.25) is 0 Å². The summed E-state index contributed by atoms with van der Waals surface area (Å²) in [7, 11) is 3.94. The number of anilines is 1. The van der Waals surface area contributed by atoms with Crippen molar-refractivity contribution in [2.75, 3.05) is 19.0 Å². The van der Waals surface area contributed by atoms with Crippen molar-refractivity contribution in [2.24, 2.45) is 0 Å². The van der Waals surface area contributed by atoms with Gasteiger partial charge in [-0.05, 0) is 42.0 Å². The van der Waals surface area contributed by atoms with Crippen LogP contribution in [0, 0.1) is 5.82 Å². The number of nitrogens with one attached hydrogen (secondary N) is 1. The van der Waals surface area contributed by atoms with Gasteiger partial charge in [-0.2, -0.15) is 0 Å². The van der Waals surface area contributed by atoms with E-state index >= 15 is 0 Å². The van der Waals surface area contributed by atoms with Crippen LogP contribution in [0.3, 0.4) is 0 Å². The molecule has 4 nitrogen and oxygen atoms in total. The molecule has 0 spiro atoms. The highest BCUT2D eigenvalue weighted by Gasteiger charge is 2.05. The molecule has 0 saturated carbocycles. The fraction of sp³-hybridized carbons (Fsp3) is 0.105.